The van der Waals surface area contributed by atoms with Crippen LogP contribution in [0.15, 0.2) is 0 Å². The van der Waals surface area contributed by atoms with Gasteiger partial charge in [-0.3, -0.25) is 9.59 Å². The van der Waals surface area contributed by atoms with Crippen LogP contribution in [0.25, 0.3) is 0 Å². The van der Waals surface area contributed by atoms with Crippen molar-refractivity contribution < 1.29 is 24.5 Å². The molecule has 5 heteroatoms. The van der Waals surface area contributed by atoms with Gasteiger partial charge in [0.15, 0.2) is 0 Å². The predicted octanol–water partition coefficient (Wildman–Crippen LogP) is -0.761. The SMILES string of the molecule is O=C(O)[C@@H]1[C@H]2C[C@H]3[C@H](OC(=O)[C@@H]31)[C@H]2O. The van der Waals surface area contributed by atoms with Crippen LogP contribution in [0.3, 0.4) is 0 Å². The van der Waals surface area contributed by atoms with Crippen LogP contribution < -0.4 is 0 Å². The molecule has 0 spiro atoms. The number of carboxylic acids is 1. The third-order valence-corrected chi connectivity index (χ3v) is 3.86. The van der Waals surface area contributed by atoms with Crippen molar-refractivity contribution in [1.82, 2.24) is 0 Å². The first-order valence-corrected chi connectivity index (χ1v) is 4.72. The third-order valence-electron chi connectivity index (χ3n) is 3.86. The van der Waals surface area contributed by atoms with E-state index in [1.165, 1.54) is 0 Å². The number of carbonyl (C=O) groups excluding carboxylic acids is 1. The Labute approximate surface area is 79.7 Å². The summed E-state index contributed by atoms with van der Waals surface area (Å²) in [7, 11) is 0. The molecule has 2 saturated carbocycles. The molecule has 0 radical (unpaired) electrons. The second kappa shape index (κ2) is 2.28. The highest BCUT2D eigenvalue weighted by molar-refractivity contribution is 5.85. The quantitative estimate of drug-likeness (QED) is 0.541. The molecule has 0 aromatic rings. The van der Waals surface area contributed by atoms with E-state index in [4.69, 9.17) is 9.84 Å². The van der Waals surface area contributed by atoms with Crippen LogP contribution in [0, 0.1) is 23.7 Å². The van der Waals surface area contributed by atoms with Crippen molar-refractivity contribution in [2.45, 2.75) is 18.6 Å². The molecule has 2 bridgehead atoms. The Balaban J connectivity index is 2.04. The number of aliphatic hydroxyl groups excluding tert-OH is 1. The molecule has 3 rings (SSSR count). The summed E-state index contributed by atoms with van der Waals surface area (Å²) in [5.41, 5.74) is 0. The van der Waals surface area contributed by atoms with Crippen LogP contribution in [0.5, 0.6) is 0 Å². The topological polar surface area (TPSA) is 83.8 Å². The Kier molecular flexibility index (Phi) is 1.34. The van der Waals surface area contributed by atoms with Gasteiger partial charge in [0.25, 0.3) is 0 Å². The minimum Gasteiger partial charge on any atom is -0.481 e. The molecule has 3 aliphatic rings. The number of carbonyl (C=O) groups is 2. The molecule has 2 N–H and O–H groups in total. The summed E-state index contributed by atoms with van der Waals surface area (Å²) in [4.78, 5) is 22.3. The summed E-state index contributed by atoms with van der Waals surface area (Å²) in [5.74, 6) is -3.03. The molecule has 0 aromatic heterocycles. The van der Waals surface area contributed by atoms with E-state index in [1.54, 1.807) is 0 Å². The Morgan fingerprint density at radius 2 is 2.14 bits per heavy atom. The first kappa shape index (κ1) is 8.23. The van der Waals surface area contributed by atoms with Crippen LogP contribution in [0.1, 0.15) is 6.42 Å². The second-order valence-corrected chi connectivity index (χ2v) is 4.35. The minimum absolute atomic E-state index is 0.0661. The number of hydrogen-bond acceptors (Lipinski definition) is 4. The summed E-state index contributed by atoms with van der Waals surface area (Å²) in [6, 6.07) is 0. The van der Waals surface area contributed by atoms with Crippen molar-refractivity contribution in [2.24, 2.45) is 23.7 Å². The molecule has 1 heterocycles. The lowest BCUT2D eigenvalue weighted by atomic mass is 9.79. The van der Waals surface area contributed by atoms with Gasteiger partial charge in [-0.25, -0.2) is 0 Å². The molecule has 0 unspecified atom stereocenters. The summed E-state index contributed by atoms with van der Waals surface area (Å²) in [6.07, 6.45) is -0.601. The number of aliphatic carboxylic acids is 1. The van der Waals surface area contributed by atoms with Crippen molar-refractivity contribution >= 4 is 11.9 Å². The molecule has 1 aliphatic heterocycles. The van der Waals surface area contributed by atoms with Crippen molar-refractivity contribution in [3.05, 3.63) is 0 Å². The lowest BCUT2D eigenvalue weighted by molar-refractivity contribution is -0.151. The van der Waals surface area contributed by atoms with E-state index in [0.717, 1.165) is 0 Å². The highest BCUT2D eigenvalue weighted by atomic mass is 16.6. The number of aliphatic hydroxyl groups is 1. The lowest BCUT2D eigenvalue weighted by Crippen LogP contribution is -2.40. The first-order valence-electron chi connectivity index (χ1n) is 4.72. The fraction of sp³-hybridized carbons (Fsp3) is 0.778. The van der Waals surface area contributed by atoms with Gasteiger partial charge in [-0.1, -0.05) is 0 Å². The third kappa shape index (κ3) is 0.706. The Bertz CT molecular complexity index is 325. The standard InChI is InChI=1S/C9H10O5/c10-6-2-1-3-5(4(2)8(11)12)9(13)14-7(3)6/h2-7,10H,1H2,(H,11,12)/t2-,3-,4-,5+,6+,7+/m1/s1. The lowest BCUT2D eigenvalue weighted by Gasteiger charge is -2.25. The number of ether oxygens (including phenoxy) is 1. The summed E-state index contributed by atoms with van der Waals surface area (Å²) >= 11 is 0. The second-order valence-electron chi connectivity index (χ2n) is 4.35. The van der Waals surface area contributed by atoms with Gasteiger partial charge in [-0.05, 0) is 6.42 Å². The van der Waals surface area contributed by atoms with E-state index in [-0.39, 0.29) is 11.8 Å². The monoisotopic (exact) mass is 198 g/mol. The fourth-order valence-corrected chi connectivity index (χ4v) is 3.36. The zero-order valence-corrected chi connectivity index (χ0v) is 7.29. The maximum Gasteiger partial charge on any atom is 0.310 e. The molecule has 0 amide bonds. The van der Waals surface area contributed by atoms with Crippen molar-refractivity contribution in [2.75, 3.05) is 0 Å². The van der Waals surface area contributed by atoms with Gasteiger partial charge in [-0.15, -0.1) is 0 Å². The van der Waals surface area contributed by atoms with Gasteiger partial charge in [0.05, 0.1) is 17.9 Å². The molecule has 6 atom stereocenters. The van der Waals surface area contributed by atoms with Gasteiger partial charge in [0, 0.05) is 11.8 Å². The molecule has 1 saturated heterocycles. The first-order chi connectivity index (χ1) is 6.61. The molecule has 3 fully saturated rings. The maximum atomic E-state index is 11.4. The number of carboxylic acid groups (broad SMARTS) is 1. The average Bonchev–Trinajstić information content (AvgIpc) is 2.67. The Hall–Kier alpha value is -1.10. The average molecular weight is 198 g/mol. The van der Waals surface area contributed by atoms with Crippen molar-refractivity contribution in [1.29, 1.82) is 0 Å². The number of fused-ring (bicyclic) bond motifs is 1. The Morgan fingerprint density at radius 3 is 2.79 bits per heavy atom. The normalized spacial score (nSPS) is 53.6. The molecule has 5 nitrogen and oxygen atoms in total. The van der Waals surface area contributed by atoms with Gasteiger partial charge >= 0.3 is 11.9 Å². The fourth-order valence-electron chi connectivity index (χ4n) is 3.36. The molecule has 2 aliphatic carbocycles. The molecule has 14 heavy (non-hydrogen) atoms. The molecule has 0 aromatic carbocycles. The Morgan fingerprint density at radius 1 is 1.43 bits per heavy atom. The van der Waals surface area contributed by atoms with Crippen LogP contribution in [0.2, 0.25) is 0 Å². The smallest absolute Gasteiger partial charge is 0.310 e. The number of hydrogen-bond donors (Lipinski definition) is 2. The van der Waals surface area contributed by atoms with Crippen LogP contribution in [-0.4, -0.2) is 34.4 Å². The van der Waals surface area contributed by atoms with E-state index >= 15 is 0 Å². The maximum absolute atomic E-state index is 11.4. The zero-order chi connectivity index (χ0) is 10.0. The van der Waals surface area contributed by atoms with Crippen LogP contribution in [-0.2, 0) is 14.3 Å². The van der Waals surface area contributed by atoms with Crippen molar-refractivity contribution in [3.8, 4) is 0 Å². The highest BCUT2D eigenvalue weighted by Crippen LogP contribution is 2.57. The minimum atomic E-state index is -0.987. The number of esters is 1. The van der Waals surface area contributed by atoms with Crippen molar-refractivity contribution in [3.63, 3.8) is 0 Å². The molecule has 76 valence electrons. The largest absolute Gasteiger partial charge is 0.481 e. The van der Waals surface area contributed by atoms with Gasteiger partial charge in [-0.2, -0.15) is 0 Å². The van der Waals surface area contributed by atoms with Gasteiger partial charge < -0.3 is 14.9 Å². The van der Waals surface area contributed by atoms with E-state index in [2.05, 4.69) is 0 Å². The van der Waals surface area contributed by atoms with E-state index < -0.39 is 36.0 Å². The molecular formula is C9H10O5. The predicted molar refractivity (Wildman–Crippen MR) is 42.1 cm³/mol. The van der Waals surface area contributed by atoms with E-state index in [0.29, 0.717) is 6.42 Å². The van der Waals surface area contributed by atoms with Crippen LogP contribution >= 0.6 is 0 Å². The van der Waals surface area contributed by atoms with E-state index in [9.17, 15) is 14.7 Å². The van der Waals surface area contributed by atoms with Gasteiger partial charge in [0.1, 0.15) is 6.10 Å². The van der Waals surface area contributed by atoms with Crippen LogP contribution in [0.4, 0.5) is 0 Å². The molecular weight excluding hydrogens is 188 g/mol. The highest BCUT2D eigenvalue weighted by Gasteiger charge is 2.68. The van der Waals surface area contributed by atoms with E-state index in [1.807, 2.05) is 0 Å². The summed E-state index contributed by atoms with van der Waals surface area (Å²) in [6.45, 7) is 0. The zero-order valence-electron chi connectivity index (χ0n) is 7.29. The number of rotatable bonds is 1. The summed E-state index contributed by atoms with van der Waals surface area (Å²) < 4.78 is 4.98. The van der Waals surface area contributed by atoms with Gasteiger partial charge in [0.2, 0.25) is 0 Å². The summed E-state index contributed by atoms with van der Waals surface area (Å²) in [5, 5.41) is 18.7.